The number of benzene rings is 1. The Hall–Kier alpha value is -1.55. The van der Waals surface area contributed by atoms with Crippen molar-refractivity contribution in [1.29, 1.82) is 0 Å². The van der Waals surface area contributed by atoms with Gasteiger partial charge < -0.3 is 9.64 Å². The van der Waals surface area contributed by atoms with Gasteiger partial charge in [-0.15, -0.1) is 0 Å². The zero-order valence-electron chi connectivity index (χ0n) is 17.5. The Morgan fingerprint density at radius 2 is 1.73 bits per heavy atom. The van der Waals surface area contributed by atoms with Crippen molar-refractivity contribution in [2.45, 2.75) is 59.8 Å². The lowest BCUT2D eigenvalue weighted by atomic mass is 9.91. The molecule has 4 nitrogen and oxygen atoms in total. The molecule has 26 heavy (non-hydrogen) atoms. The third-order valence-electron chi connectivity index (χ3n) is 4.93. The molecule has 0 aromatic heterocycles. The van der Waals surface area contributed by atoms with Crippen molar-refractivity contribution in [2.75, 3.05) is 39.8 Å². The number of carbonyl (C=O) groups is 1. The minimum atomic E-state index is 0.214. The normalized spacial score (nSPS) is 16.4. The minimum absolute atomic E-state index is 0.214. The van der Waals surface area contributed by atoms with Crippen LogP contribution in [-0.4, -0.2) is 55.5 Å². The van der Waals surface area contributed by atoms with Crippen LogP contribution in [0.2, 0.25) is 0 Å². The highest BCUT2D eigenvalue weighted by Crippen LogP contribution is 2.28. The highest BCUT2D eigenvalue weighted by Gasteiger charge is 2.17. The average molecular weight is 363 g/mol. The summed E-state index contributed by atoms with van der Waals surface area (Å²) in [7, 11) is 1.75. The summed E-state index contributed by atoms with van der Waals surface area (Å²) in [6, 6.07) is 6.37. The first-order valence-corrected chi connectivity index (χ1v) is 10.3. The number of aryl methyl sites for hydroxylation is 1. The average Bonchev–Trinajstić information content (AvgIpc) is 2.70. The molecule has 1 aromatic carbocycles. The number of nitrogens with zero attached hydrogens (tertiary/aromatic N) is 2. The van der Waals surface area contributed by atoms with Gasteiger partial charge in [-0.1, -0.05) is 32.9 Å². The van der Waals surface area contributed by atoms with Crippen LogP contribution in [0.1, 0.15) is 58.1 Å². The van der Waals surface area contributed by atoms with Gasteiger partial charge in [0.15, 0.2) is 0 Å². The van der Waals surface area contributed by atoms with Gasteiger partial charge in [-0.25, -0.2) is 0 Å². The van der Waals surface area contributed by atoms with Crippen LogP contribution in [0.25, 0.3) is 0 Å². The van der Waals surface area contributed by atoms with Gasteiger partial charge in [-0.05, 0) is 55.8 Å². The van der Waals surface area contributed by atoms with Gasteiger partial charge in [0.2, 0.25) is 5.91 Å². The smallest absolute Gasteiger partial charge is 0.219 e. The maximum atomic E-state index is 11.0. The number of piperazine rings is 1. The molecule has 0 unspecified atom stereocenters. The Balaban J connectivity index is 0.000000238. The van der Waals surface area contributed by atoms with E-state index >= 15 is 0 Å². The number of hydrogen-bond donors (Lipinski definition) is 0. The van der Waals surface area contributed by atoms with Crippen LogP contribution in [0.3, 0.4) is 0 Å². The van der Waals surface area contributed by atoms with Gasteiger partial charge in [-0.3, -0.25) is 9.69 Å². The first-order chi connectivity index (χ1) is 12.7. The van der Waals surface area contributed by atoms with E-state index in [-0.39, 0.29) is 5.91 Å². The standard InChI is InChI=1S/C11H14O.C9H18N2O.C2H6/c1-12-11-8-4-6-9-5-2-3-7-10(9)11;1-3-4-10-5-7-11(8-6-10)9(2)12;1-2/h4,6,8H,2-3,5,7H2,1H3;3-8H2,1-2H3;1-2H3. The molecule has 0 radical (unpaired) electrons. The van der Waals surface area contributed by atoms with Gasteiger partial charge in [-0.2, -0.15) is 0 Å². The van der Waals surface area contributed by atoms with Gasteiger partial charge in [0.25, 0.3) is 0 Å². The van der Waals surface area contributed by atoms with Crippen molar-refractivity contribution >= 4 is 5.91 Å². The highest BCUT2D eigenvalue weighted by atomic mass is 16.5. The molecule has 1 heterocycles. The third kappa shape index (κ3) is 6.99. The number of ether oxygens (including phenoxy) is 1. The second kappa shape index (κ2) is 12.7. The molecule has 1 saturated heterocycles. The molecule has 0 saturated carbocycles. The molecule has 0 spiro atoms. The lowest BCUT2D eigenvalue weighted by Crippen LogP contribution is -2.48. The van der Waals surface area contributed by atoms with E-state index in [9.17, 15) is 4.79 Å². The monoisotopic (exact) mass is 362 g/mol. The Bertz CT molecular complexity index is 509. The molecule has 1 aliphatic carbocycles. The van der Waals surface area contributed by atoms with Gasteiger partial charge in [0, 0.05) is 33.1 Å². The first kappa shape index (κ1) is 22.5. The topological polar surface area (TPSA) is 32.8 Å². The van der Waals surface area contributed by atoms with Crippen LogP contribution in [0.5, 0.6) is 5.75 Å². The second-order valence-electron chi connectivity index (χ2n) is 6.65. The molecule has 4 heteroatoms. The van der Waals surface area contributed by atoms with Gasteiger partial charge >= 0.3 is 0 Å². The summed E-state index contributed by atoms with van der Waals surface area (Å²) in [6.45, 7) is 12.9. The van der Waals surface area contributed by atoms with Crippen molar-refractivity contribution in [3.05, 3.63) is 29.3 Å². The van der Waals surface area contributed by atoms with Crippen LogP contribution in [0.15, 0.2) is 18.2 Å². The zero-order valence-corrected chi connectivity index (χ0v) is 17.5. The maximum absolute atomic E-state index is 11.0. The Kier molecular flexibility index (Phi) is 11.0. The Labute approximate surface area is 160 Å². The molecule has 3 rings (SSSR count). The first-order valence-electron chi connectivity index (χ1n) is 10.3. The van der Waals surface area contributed by atoms with Crippen molar-refractivity contribution in [3.8, 4) is 5.75 Å². The molecule has 1 fully saturated rings. The van der Waals surface area contributed by atoms with Crippen LogP contribution in [-0.2, 0) is 17.6 Å². The van der Waals surface area contributed by atoms with E-state index in [4.69, 9.17) is 4.74 Å². The van der Waals surface area contributed by atoms with Gasteiger partial charge in [0.05, 0.1) is 7.11 Å². The summed E-state index contributed by atoms with van der Waals surface area (Å²) in [5.41, 5.74) is 2.92. The number of hydrogen-bond acceptors (Lipinski definition) is 3. The quantitative estimate of drug-likeness (QED) is 0.809. The SMILES string of the molecule is CC.CCCN1CCN(C(C)=O)CC1.COc1cccc2c1CCCC2. The summed E-state index contributed by atoms with van der Waals surface area (Å²) >= 11 is 0. The maximum Gasteiger partial charge on any atom is 0.219 e. The lowest BCUT2D eigenvalue weighted by Gasteiger charge is -2.33. The molecule has 1 amide bonds. The number of amides is 1. The van der Waals surface area contributed by atoms with E-state index in [1.807, 2.05) is 18.7 Å². The van der Waals surface area contributed by atoms with Crippen LogP contribution in [0.4, 0.5) is 0 Å². The van der Waals surface area contributed by atoms with Crippen LogP contribution in [0, 0.1) is 0 Å². The molecule has 0 atom stereocenters. The van der Waals surface area contributed by atoms with E-state index in [1.54, 1.807) is 14.0 Å². The van der Waals surface area contributed by atoms with Crippen molar-refractivity contribution in [2.24, 2.45) is 0 Å². The molecule has 0 N–H and O–H groups in total. The van der Waals surface area contributed by atoms with Crippen LogP contribution >= 0.6 is 0 Å². The largest absolute Gasteiger partial charge is 0.496 e. The third-order valence-corrected chi connectivity index (χ3v) is 4.93. The number of rotatable bonds is 3. The van der Waals surface area contributed by atoms with Crippen LogP contribution < -0.4 is 4.74 Å². The van der Waals surface area contributed by atoms with Crippen molar-refractivity contribution in [1.82, 2.24) is 9.80 Å². The second-order valence-corrected chi connectivity index (χ2v) is 6.65. The van der Waals surface area contributed by atoms with Crippen molar-refractivity contribution in [3.63, 3.8) is 0 Å². The minimum Gasteiger partial charge on any atom is -0.496 e. The molecule has 1 aliphatic heterocycles. The Morgan fingerprint density at radius 1 is 1.08 bits per heavy atom. The fourth-order valence-corrected chi connectivity index (χ4v) is 3.54. The van der Waals surface area contributed by atoms with E-state index in [1.165, 1.54) is 49.8 Å². The molecular weight excluding hydrogens is 324 g/mol. The molecule has 1 aromatic rings. The summed E-state index contributed by atoms with van der Waals surface area (Å²) in [5.74, 6) is 1.29. The van der Waals surface area contributed by atoms with E-state index in [0.717, 1.165) is 31.9 Å². The molecule has 148 valence electrons. The molecular formula is C22H38N2O2. The number of methoxy groups -OCH3 is 1. The predicted octanol–water partition coefficient (Wildman–Crippen LogP) is 4.16. The zero-order chi connectivity index (χ0) is 19.4. The number of fused-ring (bicyclic) bond motifs is 1. The molecule has 0 bridgehead atoms. The molecule has 2 aliphatic rings. The Morgan fingerprint density at radius 3 is 2.31 bits per heavy atom. The van der Waals surface area contributed by atoms with Gasteiger partial charge in [0.1, 0.15) is 5.75 Å². The summed E-state index contributed by atoms with van der Waals surface area (Å²) < 4.78 is 5.31. The number of carbonyl (C=O) groups excluding carboxylic acids is 1. The fraction of sp³-hybridized carbons (Fsp3) is 0.682. The summed E-state index contributed by atoms with van der Waals surface area (Å²) in [6.07, 6.45) is 6.28. The summed E-state index contributed by atoms with van der Waals surface area (Å²) in [5, 5.41) is 0. The predicted molar refractivity (Wildman–Crippen MR) is 110 cm³/mol. The van der Waals surface area contributed by atoms with E-state index < -0.39 is 0 Å². The van der Waals surface area contributed by atoms with Crippen molar-refractivity contribution < 1.29 is 9.53 Å². The summed E-state index contributed by atoms with van der Waals surface area (Å²) in [4.78, 5) is 15.3. The highest BCUT2D eigenvalue weighted by molar-refractivity contribution is 5.73. The fourth-order valence-electron chi connectivity index (χ4n) is 3.54. The lowest BCUT2D eigenvalue weighted by molar-refractivity contribution is -0.130. The van der Waals surface area contributed by atoms with E-state index in [0.29, 0.717) is 0 Å². The van der Waals surface area contributed by atoms with E-state index in [2.05, 4.69) is 30.0 Å².